The molecule has 0 radical (unpaired) electrons. The van der Waals surface area contributed by atoms with Crippen molar-refractivity contribution in [1.29, 1.82) is 0 Å². The molecule has 0 bridgehead atoms. The van der Waals surface area contributed by atoms with Crippen molar-refractivity contribution in [3.05, 3.63) is 65.3 Å². The SMILES string of the molecule is CCOC(=O)C(C)NP(O[n+]1ccccc1)C(F)c1ccc2sc(C(=O)NC)cc2c1. The van der Waals surface area contributed by atoms with Gasteiger partial charge in [0.1, 0.15) is 6.04 Å². The number of carbonyl (C=O) groups is 2. The molecule has 1 amide bonds. The summed E-state index contributed by atoms with van der Waals surface area (Å²) in [5, 5.41) is 6.30. The second-order valence-corrected chi connectivity index (χ2v) is 9.18. The molecule has 3 aromatic rings. The van der Waals surface area contributed by atoms with Crippen molar-refractivity contribution >= 4 is 41.6 Å². The number of esters is 1. The first-order chi connectivity index (χ1) is 14.9. The molecule has 2 heterocycles. The Labute approximate surface area is 185 Å². The van der Waals surface area contributed by atoms with Gasteiger partial charge >= 0.3 is 5.97 Å². The highest BCUT2D eigenvalue weighted by molar-refractivity contribution is 7.50. The lowest BCUT2D eigenvalue weighted by Gasteiger charge is -2.21. The van der Waals surface area contributed by atoms with Gasteiger partial charge in [-0.15, -0.1) is 11.3 Å². The number of alkyl halides is 1. The Morgan fingerprint density at radius 2 is 1.97 bits per heavy atom. The zero-order chi connectivity index (χ0) is 22.4. The van der Waals surface area contributed by atoms with Crippen molar-refractivity contribution in [3.63, 3.8) is 0 Å². The highest BCUT2D eigenvalue weighted by atomic mass is 32.1. The molecule has 31 heavy (non-hydrogen) atoms. The van der Waals surface area contributed by atoms with E-state index in [0.717, 1.165) is 10.1 Å². The fraction of sp³-hybridized carbons (Fsp3) is 0.286. The maximum Gasteiger partial charge on any atom is 0.323 e. The van der Waals surface area contributed by atoms with Gasteiger partial charge in [-0.3, -0.25) is 9.59 Å². The fourth-order valence-corrected chi connectivity index (χ4v) is 5.24. The molecule has 3 rings (SSSR count). The number of hydrogen-bond acceptors (Lipinski definition) is 6. The number of rotatable bonds is 9. The molecule has 10 heteroatoms. The first-order valence-corrected chi connectivity index (χ1v) is 11.8. The van der Waals surface area contributed by atoms with Crippen LogP contribution >= 0.6 is 19.6 Å². The monoisotopic (exact) mass is 464 g/mol. The van der Waals surface area contributed by atoms with Crippen LogP contribution in [0.5, 0.6) is 0 Å². The van der Waals surface area contributed by atoms with Gasteiger partial charge in [-0.2, -0.15) is 0 Å². The zero-order valence-electron chi connectivity index (χ0n) is 17.4. The average Bonchev–Trinajstić information content (AvgIpc) is 3.21. The molecular formula is C21H24FN3O4PS+. The quantitative estimate of drug-likeness (QED) is 0.288. The van der Waals surface area contributed by atoms with Gasteiger partial charge in [0.05, 0.1) is 11.5 Å². The van der Waals surface area contributed by atoms with E-state index in [1.165, 1.54) is 16.1 Å². The number of nitrogens with one attached hydrogen (secondary N) is 2. The topological polar surface area (TPSA) is 80.5 Å². The summed E-state index contributed by atoms with van der Waals surface area (Å²) in [4.78, 5) is 24.5. The summed E-state index contributed by atoms with van der Waals surface area (Å²) in [5.41, 5.74) is 0.389. The lowest BCUT2D eigenvalue weighted by Crippen LogP contribution is -2.44. The van der Waals surface area contributed by atoms with Crippen molar-refractivity contribution < 1.29 is 28.1 Å². The molecular weight excluding hydrogens is 440 g/mol. The number of aromatic nitrogens is 1. The van der Waals surface area contributed by atoms with E-state index in [-0.39, 0.29) is 12.5 Å². The third kappa shape index (κ3) is 5.76. The Kier molecular flexibility index (Phi) is 7.90. The van der Waals surface area contributed by atoms with Crippen LogP contribution in [0.2, 0.25) is 0 Å². The minimum absolute atomic E-state index is 0.185. The second kappa shape index (κ2) is 10.6. The van der Waals surface area contributed by atoms with E-state index in [9.17, 15) is 9.59 Å². The van der Waals surface area contributed by atoms with E-state index in [2.05, 4.69) is 10.4 Å². The van der Waals surface area contributed by atoms with Gasteiger partial charge in [0.15, 0.2) is 0 Å². The maximum atomic E-state index is 15.7. The van der Waals surface area contributed by atoms with Crippen molar-refractivity contribution in [3.8, 4) is 0 Å². The zero-order valence-corrected chi connectivity index (χ0v) is 19.1. The van der Waals surface area contributed by atoms with Crippen LogP contribution in [0.25, 0.3) is 10.1 Å². The van der Waals surface area contributed by atoms with Gasteiger partial charge in [-0.05, 0) is 43.0 Å². The second-order valence-electron chi connectivity index (χ2n) is 6.57. The fourth-order valence-electron chi connectivity index (χ4n) is 2.76. The van der Waals surface area contributed by atoms with Crippen LogP contribution in [-0.4, -0.2) is 31.6 Å². The van der Waals surface area contributed by atoms with E-state index < -0.39 is 26.2 Å². The molecule has 3 atom stereocenters. The molecule has 0 aliphatic carbocycles. The normalized spacial score (nSPS) is 13.9. The van der Waals surface area contributed by atoms with E-state index in [1.54, 1.807) is 69.7 Å². The average molecular weight is 464 g/mol. The number of amides is 1. The molecule has 0 aliphatic heterocycles. The molecule has 3 unspecified atom stereocenters. The molecule has 2 N–H and O–H groups in total. The van der Waals surface area contributed by atoms with Crippen LogP contribution in [0, 0.1) is 0 Å². The predicted octanol–water partition coefficient (Wildman–Crippen LogP) is 3.50. The van der Waals surface area contributed by atoms with Crippen LogP contribution in [0.4, 0.5) is 4.39 Å². The number of benzene rings is 1. The number of carbonyl (C=O) groups excluding carboxylic acids is 2. The minimum atomic E-state index is -1.95. The van der Waals surface area contributed by atoms with E-state index >= 15 is 4.39 Å². The van der Waals surface area contributed by atoms with Crippen molar-refractivity contribution in [2.75, 3.05) is 13.7 Å². The molecule has 0 saturated carbocycles. The van der Waals surface area contributed by atoms with Crippen LogP contribution < -0.4 is 19.8 Å². The van der Waals surface area contributed by atoms with Gasteiger partial charge in [0, 0.05) is 28.6 Å². The van der Waals surface area contributed by atoms with Crippen LogP contribution in [-0.2, 0) is 9.53 Å². The summed E-state index contributed by atoms with van der Waals surface area (Å²) in [6, 6.07) is 11.5. The minimum Gasteiger partial charge on any atom is -0.465 e. The van der Waals surface area contributed by atoms with Crippen molar-refractivity contribution in [2.45, 2.75) is 25.8 Å². The lowest BCUT2D eigenvalue weighted by atomic mass is 10.2. The molecule has 2 aromatic heterocycles. The summed E-state index contributed by atoms with van der Waals surface area (Å²) in [7, 11) is -0.384. The van der Waals surface area contributed by atoms with Gasteiger partial charge in [-0.25, -0.2) is 14.1 Å². The van der Waals surface area contributed by atoms with Crippen LogP contribution in [0.3, 0.4) is 0 Å². The number of ether oxygens (including phenoxy) is 1. The molecule has 0 spiro atoms. The van der Waals surface area contributed by atoms with Crippen LogP contribution in [0.1, 0.15) is 35.0 Å². The number of hydrogen-bond donors (Lipinski definition) is 2. The van der Waals surface area contributed by atoms with Crippen molar-refractivity contribution in [2.24, 2.45) is 0 Å². The standard InChI is InChI=1S/C21H23FN3O4PS/c1-4-28-21(27)14(2)24-30(29-25-10-6-5-7-11-25)19(22)15-8-9-17-16(12-15)13-18(31-17)20(26)23-3/h5-14,19,24H,4H2,1-3H3/p+1. The van der Waals surface area contributed by atoms with Crippen LogP contribution in [0.15, 0.2) is 54.9 Å². The number of pyridine rings is 1. The summed E-state index contributed by atoms with van der Waals surface area (Å²) in [5.74, 6) is -2.20. The highest BCUT2D eigenvalue weighted by Crippen LogP contribution is 2.47. The predicted molar refractivity (Wildman–Crippen MR) is 118 cm³/mol. The number of halogens is 1. The summed E-state index contributed by atoms with van der Waals surface area (Å²) in [6.07, 6.45) is 3.30. The summed E-state index contributed by atoms with van der Waals surface area (Å²) >= 11 is 1.34. The van der Waals surface area contributed by atoms with E-state index in [1.807, 2.05) is 6.07 Å². The lowest BCUT2D eigenvalue weighted by molar-refractivity contribution is -0.857. The molecule has 7 nitrogen and oxygen atoms in total. The molecule has 0 fully saturated rings. The molecule has 0 saturated heterocycles. The number of nitrogens with zero attached hydrogens (tertiary/aromatic N) is 1. The summed E-state index contributed by atoms with van der Waals surface area (Å²) < 4.78 is 28.8. The third-order valence-corrected chi connectivity index (χ3v) is 7.13. The van der Waals surface area contributed by atoms with Gasteiger partial charge in [0.25, 0.3) is 14.2 Å². The third-order valence-electron chi connectivity index (χ3n) is 4.30. The number of thiophene rings is 1. The highest BCUT2D eigenvalue weighted by Gasteiger charge is 2.34. The van der Waals surface area contributed by atoms with E-state index in [4.69, 9.17) is 9.36 Å². The van der Waals surface area contributed by atoms with Gasteiger partial charge in [0.2, 0.25) is 18.3 Å². The molecule has 0 aliphatic rings. The van der Waals surface area contributed by atoms with E-state index in [0.29, 0.717) is 10.4 Å². The Bertz CT molecular complexity index is 1050. The maximum absolute atomic E-state index is 15.7. The van der Waals surface area contributed by atoms with Gasteiger partial charge in [-0.1, -0.05) is 12.1 Å². The Balaban J connectivity index is 1.87. The molecule has 1 aromatic carbocycles. The Hall–Kier alpha value is -2.61. The number of fused-ring (bicyclic) bond motifs is 1. The van der Waals surface area contributed by atoms with Crippen molar-refractivity contribution in [1.82, 2.24) is 10.4 Å². The largest absolute Gasteiger partial charge is 0.465 e. The Morgan fingerprint density at radius 1 is 1.23 bits per heavy atom. The summed E-state index contributed by atoms with van der Waals surface area (Å²) in [6.45, 7) is 3.56. The first kappa shape index (κ1) is 23.1. The first-order valence-electron chi connectivity index (χ1n) is 9.69. The Morgan fingerprint density at radius 3 is 2.65 bits per heavy atom. The molecule has 164 valence electrons. The smallest absolute Gasteiger partial charge is 0.323 e. The van der Waals surface area contributed by atoms with Gasteiger partial charge < -0.3 is 10.1 Å².